The second-order valence-corrected chi connectivity index (χ2v) is 6.60. The predicted octanol–water partition coefficient (Wildman–Crippen LogP) is -1.95. The Morgan fingerprint density at radius 3 is 1.63 bits per heavy atom. The van der Waals surface area contributed by atoms with Crippen LogP contribution in [0.1, 0.15) is 5.56 Å². The smallest absolute Gasteiger partial charge is 0.520 e. The lowest BCUT2D eigenvalue weighted by atomic mass is 10.2. The minimum Gasteiger partial charge on any atom is -1.00 e. The van der Waals surface area contributed by atoms with Crippen molar-refractivity contribution in [2.45, 2.75) is 23.0 Å². The molecule has 0 amide bonds. The highest BCUT2D eigenvalue weighted by atomic mass is 127. The third-order valence-corrected chi connectivity index (χ3v) is 4.65. The van der Waals surface area contributed by atoms with Gasteiger partial charge in [0.05, 0.1) is 0 Å². The Balaban J connectivity index is 0.00000324. The number of hydrogen-bond donors (Lipinski definition) is 0. The maximum Gasteiger partial charge on any atom is 0.520 e. The van der Waals surface area contributed by atoms with Crippen LogP contribution in [0.15, 0.2) is 24.3 Å². The van der Waals surface area contributed by atoms with E-state index in [2.05, 4.69) is 0 Å². The molecule has 0 bridgehead atoms. The normalized spacial score (nSPS) is 13.1. The van der Waals surface area contributed by atoms with E-state index in [1.54, 1.807) is 6.92 Å². The molecule has 0 aliphatic carbocycles. The zero-order valence-electron chi connectivity index (χ0n) is 9.21. The fraction of sp³-hybridized carbons (Fsp3) is 0.400. The highest BCUT2D eigenvalue weighted by Gasteiger charge is 2.81. The number of benzene rings is 1. The topological polar surface area (TPSA) is 0 Å². The quantitative estimate of drug-likeness (QED) is 0.302. The first kappa shape index (κ1) is 18.8. The average molecular weight is 423 g/mol. The minimum atomic E-state index is -6.25. The van der Waals surface area contributed by atoms with E-state index in [4.69, 9.17) is 0 Å². The monoisotopic (exact) mass is 422 g/mol. The lowest BCUT2D eigenvalue weighted by molar-refractivity contribution is -0.790. The predicted molar refractivity (Wildman–Crippen MR) is 45.8 cm³/mol. The van der Waals surface area contributed by atoms with Gasteiger partial charge >= 0.3 is 37.2 Å². The summed E-state index contributed by atoms with van der Waals surface area (Å²) in [6.07, 6.45) is -6.25. The molecule has 0 saturated carbocycles. The van der Waals surface area contributed by atoms with E-state index < -0.39 is 37.2 Å². The second-order valence-electron chi connectivity index (χ2n) is 3.46. The molecule has 0 saturated heterocycles. The molecule has 0 atom stereocenters. The molecule has 0 unspecified atom stereocenters. The van der Waals surface area contributed by atoms with Crippen molar-refractivity contribution in [2.75, 3.05) is 0 Å². The molecule has 9 heteroatoms. The van der Waals surface area contributed by atoms with Crippen LogP contribution in [0.2, 0.25) is 0 Å². The van der Waals surface area contributed by atoms with E-state index in [-0.39, 0.29) is 16.0 Å². The van der Waals surface area contributed by atoms with Gasteiger partial charge in [-0.2, -0.15) is 22.0 Å². The van der Waals surface area contributed by atoms with E-state index in [0.29, 0.717) is 5.56 Å². The van der Waals surface area contributed by atoms with Crippen LogP contribution in [-0.2, 0) is 0 Å². The Kier molecular flexibility index (Phi) is 5.95. The molecule has 0 N–H and O–H groups in total. The molecule has 0 fully saturated rings. The first-order valence-electron chi connectivity index (χ1n) is 4.52. The van der Waals surface area contributed by atoms with Crippen LogP contribution >= 0.6 is 0 Å². The van der Waals surface area contributed by atoms with Gasteiger partial charge in [-0.3, -0.25) is 0 Å². The minimum absolute atomic E-state index is 0. The van der Waals surface area contributed by atoms with E-state index in [0.717, 1.165) is 12.1 Å². The van der Waals surface area contributed by atoms with Gasteiger partial charge in [0.2, 0.25) is 0 Å². The van der Waals surface area contributed by atoms with Gasteiger partial charge < -0.3 is 12.4 Å². The molecule has 1 aromatic carbocycles. The molecule has 0 nitrogen and oxygen atoms in total. The molecule has 0 radical (unpaired) electrons. The van der Waals surface area contributed by atoms with Gasteiger partial charge in [0, 0.05) is 0 Å². The maximum atomic E-state index is 13.1. The van der Waals surface area contributed by atoms with E-state index in [1.807, 2.05) is 0 Å². The Morgan fingerprint density at radius 1 is 0.842 bits per heavy atom. The van der Waals surface area contributed by atoms with Crippen molar-refractivity contribution in [3.63, 3.8) is 0 Å². The van der Waals surface area contributed by atoms with Crippen LogP contribution in [0.5, 0.6) is 0 Å². The first-order chi connectivity index (χ1) is 7.97. The van der Waals surface area contributed by atoms with E-state index in [1.165, 1.54) is 12.1 Å². The third-order valence-electron chi connectivity index (χ3n) is 1.95. The maximum absolute atomic E-state index is 13.1. The van der Waals surface area contributed by atoms with Crippen LogP contribution in [0.4, 0.5) is 30.7 Å². The van der Waals surface area contributed by atoms with Gasteiger partial charge in [0.15, 0.2) is 3.57 Å². The Morgan fingerprint density at radius 2 is 1.26 bits per heavy atom. The summed E-state index contributed by atoms with van der Waals surface area (Å²) in [5.74, 6) is -6.00. The van der Waals surface area contributed by atoms with Crippen LogP contribution < -0.4 is 33.6 Å². The first-order valence-corrected chi connectivity index (χ1v) is 6.68. The molecule has 0 aliphatic rings. The summed E-state index contributed by atoms with van der Waals surface area (Å²) in [6, 6.07) is 5.06. The van der Waals surface area contributed by atoms with Crippen molar-refractivity contribution in [3.8, 4) is 0 Å². The van der Waals surface area contributed by atoms with Gasteiger partial charge in [-0.05, 0) is 19.1 Å². The largest absolute Gasteiger partial charge is 1.00 e. The number of alkyl halides is 8. The van der Waals surface area contributed by atoms with E-state index >= 15 is 0 Å². The molecule has 0 heterocycles. The summed E-state index contributed by atoms with van der Waals surface area (Å²) in [4.78, 5) is 0. The molecule has 19 heavy (non-hydrogen) atoms. The van der Waals surface area contributed by atoms with Crippen molar-refractivity contribution in [1.29, 1.82) is 0 Å². The highest BCUT2D eigenvalue weighted by molar-refractivity contribution is 5.11. The Hall–Kier alpha value is -0.250. The van der Waals surface area contributed by atoms with Gasteiger partial charge in [-0.1, -0.05) is 17.7 Å². The summed E-state index contributed by atoms with van der Waals surface area (Å²) in [6.45, 7) is 1.64. The molecule has 1 aromatic rings. The van der Waals surface area contributed by atoms with Crippen molar-refractivity contribution in [1.82, 2.24) is 0 Å². The molecule has 110 valence electrons. The van der Waals surface area contributed by atoms with E-state index in [9.17, 15) is 30.7 Å². The summed E-state index contributed by atoms with van der Waals surface area (Å²) < 4.78 is 81.8. The van der Waals surface area contributed by atoms with Crippen molar-refractivity contribution in [3.05, 3.63) is 33.4 Å². The molecule has 0 aliphatic heterocycles. The van der Waals surface area contributed by atoms with Gasteiger partial charge in [0.1, 0.15) is 0 Å². The zero-order valence-corrected chi connectivity index (χ0v) is 12.1. The number of aryl methyl sites for hydroxylation is 1. The molecule has 1 rings (SSSR count). The fourth-order valence-corrected chi connectivity index (χ4v) is 3.10. The third kappa shape index (κ3) is 4.11. The summed E-state index contributed by atoms with van der Waals surface area (Å²) in [5.41, 5.74) is 0.702. The molecule has 0 spiro atoms. The molecular weight excluding hydrogens is 415 g/mol. The van der Waals surface area contributed by atoms with Crippen LogP contribution in [0.25, 0.3) is 0 Å². The highest BCUT2D eigenvalue weighted by Crippen LogP contribution is 2.42. The second kappa shape index (κ2) is 6.02. The zero-order chi connectivity index (χ0) is 14.2. The lowest BCUT2D eigenvalue weighted by Gasteiger charge is -2.19. The number of halogens is 9. The van der Waals surface area contributed by atoms with Gasteiger partial charge in [-0.25, -0.2) is 0 Å². The fourth-order valence-electron chi connectivity index (χ4n) is 0.953. The number of hydrogen-bond acceptors (Lipinski definition) is 0. The van der Waals surface area contributed by atoms with Gasteiger partial charge in [0.25, 0.3) is 0 Å². The lowest BCUT2D eigenvalue weighted by Crippen LogP contribution is -3.68. The van der Waals surface area contributed by atoms with Crippen LogP contribution in [0.3, 0.4) is 0 Å². The van der Waals surface area contributed by atoms with Crippen molar-refractivity contribution in [2.24, 2.45) is 0 Å². The summed E-state index contributed by atoms with van der Waals surface area (Å²) >= 11 is -2.79. The summed E-state index contributed by atoms with van der Waals surface area (Å²) in [5, 5.41) is 0. The van der Waals surface area contributed by atoms with Crippen LogP contribution in [-0.4, -0.2) is 16.0 Å². The SMILES string of the molecule is Cc1ccc([I+]C(F)(F)C(F)(F)C(F)(F)F)cc1.[Cl-]. The number of rotatable bonds is 3. The molecular formula is C10H7ClF7I. The Bertz CT molecular complexity index is 413. The summed E-state index contributed by atoms with van der Waals surface area (Å²) in [7, 11) is 0. The van der Waals surface area contributed by atoms with Crippen LogP contribution in [0, 0.1) is 10.5 Å². The average Bonchev–Trinajstić information content (AvgIpc) is 2.19. The molecule has 0 aromatic heterocycles. The van der Waals surface area contributed by atoms with Gasteiger partial charge in [-0.15, -0.1) is 8.78 Å². The van der Waals surface area contributed by atoms with Crippen molar-refractivity contribution < 1.29 is 64.3 Å². The van der Waals surface area contributed by atoms with Crippen molar-refractivity contribution >= 4 is 0 Å². The standard InChI is InChI=1S/C10H7F7I.ClH/c1-6-2-4-7(5-3-6)18-10(16,17)8(11,12)9(13,14)15;/h2-5H,1H3;1H/q+1;/p-1. The Labute approximate surface area is 121 Å².